The zero-order valence-corrected chi connectivity index (χ0v) is 17.9. The number of hydrogen-bond donors (Lipinski definition) is 0. The Hall–Kier alpha value is -2.53. The van der Waals surface area contributed by atoms with Gasteiger partial charge in [-0.2, -0.15) is 0 Å². The summed E-state index contributed by atoms with van der Waals surface area (Å²) in [5.74, 6) is 1.18. The van der Waals surface area contributed by atoms with Crippen LogP contribution in [-0.4, -0.2) is 16.1 Å². The van der Waals surface area contributed by atoms with Crippen molar-refractivity contribution in [3.63, 3.8) is 0 Å². The number of halogens is 1. The molecule has 4 rings (SSSR count). The van der Waals surface area contributed by atoms with Gasteiger partial charge in [-0.15, -0.1) is 0 Å². The fraction of sp³-hybridized carbons (Fsp3) is 0.261. The Morgan fingerprint density at radius 2 is 1.46 bits per heavy atom. The molecule has 4 nitrogen and oxygen atoms in total. The molecule has 0 N–H and O–H groups in total. The zero-order chi connectivity index (χ0) is 19.1. The molecule has 0 bridgehead atoms. The smallest absolute Gasteiger partial charge is 0.254 e. The maximum atomic E-state index is 13.3. The van der Waals surface area contributed by atoms with Gasteiger partial charge in [-0.05, 0) is 11.5 Å². The predicted octanol–water partition coefficient (Wildman–Crippen LogP) is 0.568. The first-order valence-electron chi connectivity index (χ1n) is 9.34. The van der Waals surface area contributed by atoms with Crippen molar-refractivity contribution < 1.29 is 31.1 Å². The van der Waals surface area contributed by atoms with Gasteiger partial charge in [0.05, 0.1) is 6.54 Å². The minimum Gasteiger partial charge on any atom is -1.00 e. The lowest BCUT2D eigenvalue weighted by molar-refractivity contribution is -0.695. The molecule has 1 aliphatic rings. The van der Waals surface area contributed by atoms with Crippen molar-refractivity contribution in [1.82, 2.24) is 4.57 Å². The normalized spacial score (nSPS) is 12.6. The van der Waals surface area contributed by atoms with E-state index in [0.717, 1.165) is 11.4 Å². The summed E-state index contributed by atoms with van der Waals surface area (Å²) >= 11 is 0. The van der Waals surface area contributed by atoms with E-state index < -0.39 is 0 Å². The van der Waals surface area contributed by atoms with Crippen molar-refractivity contribution >= 4 is 11.6 Å². The molecule has 0 radical (unpaired) electrons. The molecule has 3 aromatic rings. The van der Waals surface area contributed by atoms with Gasteiger partial charge >= 0.3 is 0 Å². The average molecular weight is 439 g/mol. The number of carbonyl (C=O) groups is 2. The second-order valence-corrected chi connectivity index (χ2v) is 7.52. The lowest BCUT2D eigenvalue weighted by Gasteiger charge is -2.13. The third kappa shape index (κ3) is 3.24. The molecule has 0 spiro atoms. The largest absolute Gasteiger partial charge is 1.00 e. The molecule has 0 fully saturated rings. The molecule has 1 aromatic heterocycles. The molecule has 144 valence electrons. The van der Waals surface area contributed by atoms with Crippen LogP contribution in [0.2, 0.25) is 0 Å². The van der Waals surface area contributed by atoms with Crippen molar-refractivity contribution in [2.75, 3.05) is 0 Å². The van der Waals surface area contributed by atoms with Crippen molar-refractivity contribution in [3.05, 3.63) is 88.5 Å². The highest BCUT2D eigenvalue weighted by molar-refractivity contribution is 6.26. The SMILES string of the molecule is Cc1n(CC(C)C)c2c([n+]1Cc1ccccc1)C(=O)c1ccccc1C2=O.[Br-]. The number of hydrogen-bond acceptors (Lipinski definition) is 2. The van der Waals surface area contributed by atoms with Gasteiger partial charge in [0.2, 0.25) is 23.0 Å². The molecule has 1 heterocycles. The Kier molecular flexibility index (Phi) is 5.66. The fourth-order valence-electron chi connectivity index (χ4n) is 3.87. The van der Waals surface area contributed by atoms with Crippen LogP contribution in [-0.2, 0) is 13.1 Å². The first-order chi connectivity index (χ1) is 13.0. The molecule has 0 atom stereocenters. The number of carbonyl (C=O) groups excluding carboxylic acids is 2. The molecule has 5 heteroatoms. The van der Waals surface area contributed by atoms with Crippen molar-refractivity contribution in [2.24, 2.45) is 5.92 Å². The number of aromatic nitrogens is 2. The van der Waals surface area contributed by atoms with Gasteiger partial charge in [0.15, 0.2) is 0 Å². The summed E-state index contributed by atoms with van der Waals surface area (Å²) in [6.07, 6.45) is 0. The summed E-state index contributed by atoms with van der Waals surface area (Å²) < 4.78 is 4.03. The third-order valence-corrected chi connectivity index (χ3v) is 5.12. The lowest BCUT2D eigenvalue weighted by atomic mass is 9.89. The van der Waals surface area contributed by atoms with Crippen molar-refractivity contribution in [3.8, 4) is 0 Å². The summed E-state index contributed by atoms with van der Waals surface area (Å²) in [6.45, 7) is 7.51. The van der Waals surface area contributed by atoms with Crippen LogP contribution >= 0.6 is 0 Å². The molecule has 1 aliphatic carbocycles. The van der Waals surface area contributed by atoms with E-state index in [1.165, 1.54) is 0 Å². The van der Waals surface area contributed by atoms with Crippen LogP contribution in [0, 0.1) is 12.8 Å². The molecular weight excluding hydrogens is 416 g/mol. The van der Waals surface area contributed by atoms with Crippen LogP contribution in [0.3, 0.4) is 0 Å². The maximum absolute atomic E-state index is 13.3. The number of nitrogens with zero attached hydrogens (tertiary/aromatic N) is 2. The Labute approximate surface area is 175 Å². The molecule has 0 saturated carbocycles. The van der Waals surface area contributed by atoms with Gasteiger partial charge in [-0.3, -0.25) is 9.59 Å². The number of ketones is 2. The Bertz CT molecular complexity index is 1050. The van der Waals surface area contributed by atoms with E-state index in [0.29, 0.717) is 41.5 Å². The molecule has 0 saturated heterocycles. The second-order valence-electron chi connectivity index (χ2n) is 7.52. The predicted molar refractivity (Wildman–Crippen MR) is 103 cm³/mol. The summed E-state index contributed by atoms with van der Waals surface area (Å²) in [7, 11) is 0. The van der Waals surface area contributed by atoms with E-state index in [-0.39, 0.29) is 28.5 Å². The van der Waals surface area contributed by atoms with Gasteiger partial charge in [-0.1, -0.05) is 68.4 Å². The Morgan fingerprint density at radius 3 is 2.07 bits per heavy atom. The van der Waals surface area contributed by atoms with Crippen LogP contribution in [0.4, 0.5) is 0 Å². The summed E-state index contributed by atoms with van der Waals surface area (Å²) in [5.41, 5.74) is 3.15. The number of imidazole rings is 1. The second kappa shape index (κ2) is 7.84. The quantitative estimate of drug-likeness (QED) is 0.437. The van der Waals surface area contributed by atoms with E-state index in [4.69, 9.17) is 0 Å². The molecular formula is C23H23BrN2O2. The van der Waals surface area contributed by atoms with Gasteiger partial charge in [0.25, 0.3) is 5.82 Å². The van der Waals surface area contributed by atoms with E-state index in [9.17, 15) is 9.59 Å². The molecule has 2 aromatic carbocycles. The summed E-state index contributed by atoms with van der Waals surface area (Å²) in [4.78, 5) is 26.6. The van der Waals surface area contributed by atoms with Crippen LogP contribution < -0.4 is 21.5 Å². The number of fused-ring (bicyclic) bond motifs is 2. The maximum Gasteiger partial charge on any atom is 0.254 e. The lowest BCUT2D eigenvalue weighted by Crippen LogP contribution is -3.00. The van der Waals surface area contributed by atoms with Crippen LogP contribution in [0.15, 0.2) is 54.6 Å². The van der Waals surface area contributed by atoms with Crippen LogP contribution in [0.1, 0.15) is 57.3 Å². The fourth-order valence-corrected chi connectivity index (χ4v) is 3.87. The topological polar surface area (TPSA) is 43.0 Å². The first kappa shape index (κ1) is 20.2. The van der Waals surface area contributed by atoms with Gasteiger partial charge in [0, 0.05) is 18.1 Å². The van der Waals surface area contributed by atoms with Gasteiger partial charge < -0.3 is 17.0 Å². The molecule has 0 aliphatic heterocycles. The standard InChI is InChI=1S/C23H23N2O2.BrH/c1-15(2)13-24-16(3)25(14-17-9-5-4-6-10-17)21-20(24)22(26)18-11-7-8-12-19(18)23(21)27;/h4-12,15H,13-14H2,1-3H3;1H/q+1;/p-1. The molecule has 0 unspecified atom stereocenters. The van der Waals surface area contributed by atoms with E-state index in [1.807, 2.05) is 58.5 Å². The van der Waals surface area contributed by atoms with Gasteiger partial charge in [0.1, 0.15) is 6.54 Å². The third-order valence-electron chi connectivity index (χ3n) is 5.12. The number of benzene rings is 2. The minimum absolute atomic E-state index is 0. The summed E-state index contributed by atoms with van der Waals surface area (Å²) in [5, 5.41) is 0. The monoisotopic (exact) mass is 438 g/mol. The highest BCUT2D eigenvalue weighted by Gasteiger charge is 2.42. The summed E-state index contributed by atoms with van der Waals surface area (Å²) in [6, 6.07) is 17.2. The molecule has 28 heavy (non-hydrogen) atoms. The average Bonchev–Trinajstić information content (AvgIpc) is 2.93. The van der Waals surface area contributed by atoms with Crippen LogP contribution in [0.5, 0.6) is 0 Å². The zero-order valence-electron chi connectivity index (χ0n) is 16.3. The van der Waals surface area contributed by atoms with E-state index in [2.05, 4.69) is 13.8 Å². The van der Waals surface area contributed by atoms with E-state index in [1.54, 1.807) is 12.1 Å². The Balaban J connectivity index is 0.00000225. The van der Waals surface area contributed by atoms with Gasteiger partial charge in [-0.25, -0.2) is 9.13 Å². The highest BCUT2D eigenvalue weighted by atomic mass is 79.9. The molecule has 0 amide bonds. The van der Waals surface area contributed by atoms with Crippen molar-refractivity contribution in [1.29, 1.82) is 0 Å². The number of rotatable bonds is 4. The highest BCUT2D eigenvalue weighted by Crippen LogP contribution is 2.27. The Morgan fingerprint density at radius 1 is 0.893 bits per heavy atom. The first-order valence-corrected chi connectivity index (χ1v) is 9.34. The minimum atomic E-state index is -0.0678. The van der Waals surface area contributed by atoms with Crippen molar-refractivity contribution in [2.45, 2.75) is 33.9 Å². The van der Waals surface area contributed by atoms with E-state index >= 15 is 0 Å². The van der Waals surface area contributed by atoms with Crippen LogP contribution in [0.25, 0.3) is 0 Å².